The highest BCUT2D eigenvalue weighted by Crippen LogP contribution is 2.16. The molecule has 138 valence electrons. The molecule has 25 heavy (non-hydrogen) atoms. The number of aliphatic imine (C=N–C) groups is 1. The van der Waals surface area contributed by atoms with Crippen molar-refractivity contribution in [2.45, 2.75) is 33.4 Å². The zero-order chi connectivity index (χ0) is 17.5. The molecule has 0 spiro atoms. The lowest BCUT2D eigenvalue weighted by atomic mass is 10.2. The Kier molecular flexibility index (Phi) is 9.20. The largest absolute Gasteiger partial charge is 0.370 e. The molecule has 1 atom stereocenters. The Morgan fingerprint density at radius 2 is 1.92 bits per heavy atom. The molecule has 1 aromatic carbocycles. The van der Waals surface area contributed by atoms with Crippen molar-refractivity contribution in [2.24, 2.45) is 4.99 Å². The van der Waals surface area contributed by atoms with Crippen LogP contribution in [0, 0.1) is 13.8 Å². The highest BCUT2D eigenvalue weighted by atomic mass is 127. The number of benzene rings is 1. The van der Waals surface area contributed by atoms with Crippen LogP contribution in [0.4, 0.5) is 5.69 Å². The second-order valence-corrected chi connectivity index (χ2v) is 7.14. The summed E-state index contributed by atoms with van der Waals surface area (Å²) in [5.74, 6) is 0.800. The lowest BCUT2D eigenvalue weighted by molar-refractivity contribution is 0.648. The van der Waals surface area contributed by atoms with Crippen molar-refractivity contribution in [1.82, 2.24) is 15.6 Å². The molecule has 2 N–H and O–H groups in total. The second-order valence-electron chi connectivity index (χ2n) is 5.85. The van der Waals surface area contributed by atoms with Gasteiger partial charge in [0, 0.05) is 37.2 Å². The molecule has 1 heterocycles. The highest BCUT2D eigenvalue weighted by molar-refractivity contribution is 14.0. The van der Waals surface area contributed by atoms with Crippen LogP contribution in [0.5, 0.6) is 0 Å². The summed E-state index contributed by atoms with van der Waals surface area (Å²) in [5.41, 5.74) is 2.32. The lowest BCUT2D eigenvalue weighted by Gasteiger charge is -2.27. The van der Waals surface area contributed by atoms with Crippen molar-refractivity contribution in [1.29, 1.82) is 0 Å². The average molecular weight is 473 g/mol. The number of anilines is 1. The van der Waals surface area contributed by atoms with Crippen LogP contribution in [0.25, 0.3) is 0 Å². The Balaban J connectivity index is 0.00000312. The molecule has 5 nitrogen and oxygen atoms in total. The number of guanidine groups is 1. The van der Waals surface area contributed by atoms with Gasteiger partial charge in [-0.25, -0.2) is 4.98 Å². The molecule has 0 bridgehead atoms. The second kappa shape index (κ2) is 10.6. The molecule has 0 saturated carbocycles. The van der Waals surface area contributed by atoms with Crippen LogP contribution in [-0.4, -0.2) is 37.6 Å². The molecule has 2 aromatic rings. The number of nitrogens with one attached hydrogen (secondary N) is 2. The summed E-state index contributed by atoms with van der Waals surface area (Å²) < 4.78 is 0. The third-order valence-corrected chi connectivity index (χ3v) is 5.17. The van der Waals surface area contributed by atoms with Crippen LogP contribution in [0.2, 0.25) is 0 Å². The van der Waals surface area contributed by atoms with Crippen molar-refractivity contribution in [2.75, 3.05) is 25.5 Å². The van der Waals surface area contributed by atoms with Crippen LogP contribution < -0.4 is 15.5 Å². The first-order valence-corrected chi connectivity index (χ1v) is 8.98. The Bertz CT molecular complexity index is 652. The molecule has 7 heteroatoms. The predicted octanol–water partition coefficient (Wildman–Crippen LogP) is 3.57. The molecular formula is C18H28IN5S. The van der Waals surface area contributed by atoms with Gasteiger partial charge < -0.3 is 15.5 Å². The van der Waals surface area contributed by atoms with Crippen LogP contribution in [-0.2, 0) is 6.54 Å². The van der Waals surface area contributed by atoms with E-state index in [4.69, 9.17) is 0 Å². The number of para-hydroxylation sites is 1. The molecule has 0 aliphatic carbocycles. The van der Waals surface area contributed by atoms with E-state index < -0.39 is 0 Å². The van der Waals surface area contributed by atoms with Gasteiger partial charge in [-0.3, -0.25) is 4.99 Å². The Hall–Kier alpha value is -1.35. The van der Waals surface area contributed by atoms with Gasteiger partial charge in [-0.1, -0.05) is 18.2 Å². The van der Waals surface area contributed by atoms with E-state index in [1.54, 1.807) is 18.4 Å². The molecule has 0 aliphatic heterocycles. The molecule has 0 amide bonds. The zero-order valence-corrected chi connectivity index (χ0v) is 18.7. The van der Waals surface area contributed by atoms with Gasteiger partial charge >= 0.3 is 0 Å². The minimum atomic E-state index is 0. The molecule has 0 fully saturated rings. The van der Waals surface area contributed by atoms with Gasteiger partial charge in [-0.05, 0) is 32.9 Å². The van der Waals surface area contributed by atoms with E-state index in [1.807, 2.05) is 13.0 Å². The number of hydrogen-bond acceptors (Lipinski definition) is 4. The Morgan fingerprint density at radius 3 is 2.48 bits per heavy atom. The molecule has 0 aliphatic rings. The van der Waals surface area contributed by atoms with Crippen molar-refractivity contribution in [3.05, 3.63) is 45.9 Å². The number of nitrogens with zero attached hydrogens (tertiary/aromatic N) is 3. The fourth-order valence-electron chi connectivity index (χ4n) is 2.29. The summed E-state index contributed by atoms with van der Waals surface area (Å²) in [6.45, 7) is 7.85. The van der Waals surface area contributed by atoms with Gasteiger partial charge in [0.1, 0.15) is 5.01 Å². The van der Waals surface area contributed by atoms with Crippen LogP contribution in [0.3, 0.4) is 0 Å². The predicted molar refractivity (Wildman–Crippen MR) is 120 cm³/mol. The third-order valence-electron chi connectivity index (χ3n) is 4.09. The summed E-state index contributed by atoms with van der Waals surface area (Å²) in [5, 5.41) is 7.80. The minimum absolute atomic E-state index is 0. The van der Waals surface area contributed by atoms with Crippen molar-refractivity contribution in [3.63, 3.8) is 0 Å². The van der Waals surface area contributed by atoms with E-state index in [0.717, 1.165) is 23.2 Å². The standard InChI is InChI=1S/C18H27N5S.HI/c1-13(23(5)16-9-7-6-8-10-16)11-20-18(19-4)21-12-17-22-14(2)15(3)24-17;/h6-10,13H,11-12H2,1-5H3,(H2,19,20,21);1H. The zero-order valence-electron chi connectivity index (χ0n) is 15.5. The average Bonchev–Trinajstić information content (AvgIpc) is 2.93. The minimum Gasteiger partial charge on any atom is -0.370 e. The van der Waals surface area contributed by atoms with Gasteiger partial charge in [0.25, 0.3) is 0 Å². The van der Waals surface area contributed by atoms with Gasteiger partial charge in [0.15, 0.2) is 5.96 Å². The molecule has 0 radical (unpaired) electrons. The number of halogens is 1. The quantitative estimate of drug-likeness (QED) is 0.383. The summed E-state index contributed by atoms with van der Waals surface area (Å²) in [7, 11) is 3.90. The van der Waals surface area contributed by atoms with E-state index in [2.05, 4.69) is 70.7 Å². The smallest absolute Gasteiger partial charge is 0.191 e. The number of aryl methyl sites for hydroxylation is 2. The first kappa shape index (κ1) is 21.7. The number of hydrogen-bond donors (Lipinski definition) is 2. The van der Waals surface area contributed by atoms with Crippen LogP contribution >= 0.6 is 35.3 Å². The van der Waals surface area contributed by atoms with E-state index in [0.29, 0.717) is 12.6 Å². The van der Waals surface area contributed by atoms with Crippen LogP contribution in [0.1, 0.15) is 22.5 Å². The Morgan fingerprint density at radius 1 is 1.24 bits per heavy atom. The summed E-state index contributed by atoms with van der Waals surface area (Å²) >= 11 is 1.73. The van der Waals surface area contributed by atoms with Crippen molar-refractivity contribution >= 4 is 47.0 Å². The highest BCUT2D eigenvalue weighted by Gasteiger charge is 2.11. The van der Waals surface area contributed by atoms with Crippen LogP contribution in [0.15, 0.2) is 35.3 Å². The summed E-state index contributed by atoms with van der Waals surface area (Å²) in [4.78, 5) is 12.4. The first-order chi connectivity index (χ1) is 11.5. The van der Waals surface area contributed by atoms with Crippen molar-refractivity contribution in [3.8, 4) is 0 Å². The summed E-state index contributed by atoms with van der Waals surface area (Å²) in [6, 6.07) is 10.7. The third kappa shape index (κ3) is 6.47. The maximum atomic E-state index is 4.54. The summed E-state index contributed by atoms with van der Waals surface area (Å²) in [6.07, 6.45) is 0. The number of thiazole rings is 1. The molecule has 1 unspecified atom stereocenters. The maximum absolute atomic E-state index is 4.54. The molecule has 0 saturated heterocycles. The molecular weight excluding hydrogens is 445 g/mol. The van der Waals surface area contributed by atoms with Gasteiger partial charge in [0.05, 0.1) is 12.2 Å². The fourth-order valence-corrected chi connectivity index (χ4v) is 3.17. The van der Waals surface area contributed by atoms with E-state index in [-0.39, 0.29) is 24.0 Å². The molecule has 2 rings (SSSR count). The van der Waals surface area contributed by atoms with E-state index in [1.165, 1.54) is 10.6 Å². The molecule has 1 aromatic heterocycles. The van der Waals surface area contributed by atoms with E-state index >= 15 is 0 Å². The topological polar surface area (TPSA) is 52.6 Å². The van der Waals surface area contributed by atoms with Crippen molar-refractivity contribution < 1.29 is 0 Å². The number of rotatable bonds is 6. The normalized spacial score (nSPS) is 12.3. The van der Waals surface area contributed by atoms with Gasteiger partial charge in [0.2, 0.25) is 0 Å². The van der Waals surface area contributed by atoms with E-state index in [9.17, 15) is 0 Å². The monoisotopic (exact) mass is 473 g/mol. The lowest BCUT2D eigenvalue weighted by Crippen LogP contribution is -2.44. The SMILES string of the molecule is CN=C(NCc1nc(C)c(C)s1)NCC(C)N(C)c1ccccc1.I. The number of aromatic nitrogens is 1. The Labute approximate surface area is 172 Å². The first-order valence-electron chi connectivity index (χ1n) is 8.16. The fraction of sp³-hybridized carbons (Fsp3) is 0.444. The van der Waals surface area contributed by atoms with Gasteiger partial charge in [-0.2, -0.15) is 0 Å². The number of likely N-dealkylation sites (N-methyl/N-ethyl adjacent to an activating group) is 1. The van der Waals surface area contributed by atoms with Gasteiger partial charge in [-0.15, -0.1) is 35.3 Å². The maximum Gasteiger partial charge on any atom is 0.191 e.